The molecule has 6 heteroatoms. The summed E-state index contributed by atoms with van der Waals surface area (Å²) in [6.45, 7) is 7.62. The number of esters is 1. The van der Waals surface area contributed by atoms with E-state index in [4.69, 9.17) is 4.74 Å². The fourth-order valence-electron chi connectivity index (χ4n) is 3.56. The van der Waals surface area contributed by atoms with Gasteiger partial charge in [-0.1, -0.05) is 27.2 Å². The number of sulfonamides is 1. The summed E-state index contributed by atoms with van der Waals surface area (Å²) in [5.74, 6) is -0.494. The minimum atomic E-state index is -3.40. The standard InChI is InChI=1S/C15H27NO4S/c1-15(2,3)11-8-9-16(10-11)21(18,19)13-7-5-6-12(13)14(17)20-4/h11-13H,5-10H2,1-4H3. The van der Waals surface area contributed by atoms with Crippen molar-refractivity contribution >= 4 is 16.0 Å². The maximum atomic E-state index is 12.9. The van der Waals surface area contributed by atoms with Crippen LogP contribution in [0.15, 0.2) is 0 Å². The summed E-state index contributed by atoms with van der Waals surface area (Å²) >= 11 is 0. The maximum absolute atomic E-state index is 12.9. The average molecular weight is 317 g/mol. The fraction of sp³-hybridized carbons (Fsp3) is 0.933. The first-order valence-electron chi connectivity index (χ1n) is 7.74. The largest absolute Gasteiger partial charge is 0.469 e. The van der Waals surface area contributed by atoms with Gasteiger partial charge in [-0.25, -0.2) is 12.7 Å². The van der Waals surface area contributed by atoms with Crippen LogP contribution in [0.3, 0.4) is 0 Å². The molecule has 3 atom stereocenters. The van der Waals surface area contributed by atoms with Crippen molar-refractivity contribution in [2.75, 3.05) is 20.2 Å². The number of carbonyl (C=O) groups excluding carboxylic acids is 1. The molecule has 0 aromatic heterocycles. The Labute approximate surface area is 128 Å². The quantitative estimate of drug-likeness (QED) is 0.747. The van der Waals surface area contributed by atoms with Crippen LogP contribution in [0.2, 0.25) is 0 Å². The van der Waals surface area contributed by atoms with Crippen LogP contribution < -0.4 is 0 Å². The lowest BCUT2D eigenvalue weighted by Gasteiger charge is -2.28. The third-order valence-corrected chi connectivity index (χ3v) is 7.46. The highest BCUT2D eigenvalue weighted by atomic mass is 32.2. The van der Waals surface area contributed by atoms with E-state index in [0.717, 1.165) is 12.8 Å². The van der Waals surface area contributed by atoms with Crippen LogP contribution in [0.25, 0.3) is 0 Å². The van der Waals surface area contributed by atoms with Gasteiger partial charge in [0.1, 0.15) is 0 Å². The Bertz CT molecular complexity index is 494. The van der Waals surface area contributed by atoms with Gasteiger partial charge in [0.2, 0.25) is 10.0 Å². The molecule has 1 heterocycles. The number of hydrogen-bond donors (Lipinski definition) is 0. The zero-order chi connectivity index (χ0) is 15.8. The van der Waals surface area contributed by atoms with Crippen molar-refractivity contribution in [1.29, 1.82) is 0 Å². The van der Waals surface area contributed by atoms with Crippen LogP contribution in [-0.2, 0) is 19.6 Å². The predicted octanol–water partition coefficient (Wildman–Crippen LogP) is 2.03. The number of hydrogen-bond acceptors (Lipinski definition) is 4. The Morgan fingerprint density at radius 3 is 2.38 bits per heavy atom. The molecular formula is C15H27NO4S. The lowest BCUT2D eigenvalue weighted by atomic mass is 9.80. The van der Waals surface area contributed by atoms with Gasteiger partial charge in [-0.15, -0.1) is 0 Å². The topological polar surface area (TPSA) is 63.7 Å². The van der Waals surface area contributed by atoms with Crippen molar-refractivity contribution in [2.24, 2.45) is 17.3 Å². The molecule has 0 radical (unpaired) electrons. The van der Waals surface area contributed by atoms with E-state index < -0.39 is 21.2 Å². The average Bonchev–Trinajstić information content (AvgIpc) is 3.05. The van der Waals surface area contributed by atoms with E-state index >= 15 is 0 Å². The smallest absolute Gasteiger partial charge is 0.310 e. The summed E-state index contributed by atoms with van der Waals surface area (Å²) in [6.07, 6.45) is 2.87. The highest BCUT2D eigenvalue weighted by Gasteiger charge is 2.47. The van der Waals surface area contributed by atoms with Crippen molar-refractivity contribution < 1.29 is 17.9 Å². The molecule has 0 spiro atoms. The van der Waals surface area contributed by atoms with Crippen LogP contribution >= 0.6 is 0 Å². The number of nitrogens with zero attached hydrogens (tertiary/aromatic N) is 1. The third-order valence-electron chi connectivity index (χ3n) is 5.07. The number of rotatable bonds is 3. The number of methoxy groups -OCH3 is 1. The summed E-state index contributed by atoms with van der Waals surface area (Å²) in [5.41, 5.74) is 0.113. The molecular weight excluding hydrogens is 290 g/mol. The first-order chi connectivity index (χ1) is 9.67. The second-order valence-corrected chi connectivity index (χ2v) is 9.51. The van der Waals surface area contributed by atoms with E-state index in [1.54, 1.807) is 4.31 Å². The monoisotopic (exact) mass is 317 g/mol. The van der Waals surface area contributed by atoms with Crippen LogP contribution in [0, 0.1) is 17.3 Å². The summed E-state index contributed by atoms with van der Waals surface area (Å²) < 4.78 is 32.1. The van der Waals surface area contributed by atoms with Crippen molar-refractivity contribution in [2.45, 2.75) is 51.7 Å². The fourth-order valence-corrected chi connectivity index (χ4v) is 5.82. The Morgan fingerprint density at radius 1 is 1.19 bits per heavy atom. The summed E-state index contributed by atoms with van der Waals surface area (Å²) in [7, 11) is -2.07. The van der Waals surface area contributed by atoms with Gasteiger partial charge >= 0.3 is 5.97 Å². The van der Waals surface area contributed by atoms with Gasteiger partial charge < -0.3 is 4.74 Å². The van der Waals surface area contributed by atoms with Crippen LogP contribution in [0.5, 0.6) is 0 Å². The normalized spacial score (nSPS) is 31.5. The zero-order valence-electron chi connectivity index (χ0n) is 13.5. The Balaban J connectivity index is 2.14. The number of carbonyl (C=O) groups is 1. The second kappa shape index (κ2) is 5.88. The zero-order valence-corrected chi connectivity index (χ0v) is 14.3. The van der Waals surface area contributed by atoms with Gasteiger partial charge in [-0.05, 0) is 30.6 Å². The SMILES string of the molecule is COC(=O)C1CCCC1S(=O)(=O)N1CCC(C(C)(C)C)C1. The minimum Gasteiger partial charge on any atom is -0.469 e. The highest BCUT2D eigenvalue weighted by Crippen LogP contribution is 2.39. The van der Waals surface area contributed by atoms with Crippen molar-refractivity contribution in [3.8, 4) is 0 Å². The highest BCUT2D eigenvalue weighted by molar-refractivity contribution is 7.89. The third kappa shape index (κ3) is 3.26. The Morgan fingerprint density at radius 2 is 1.86 bits per heavy atom. The number of ether oxygens (including phenoxy) is 1. The van der Waals surface area contributed by atoms with Gasteiger partial charge in [-0.3, -0.25) is 4.79 Å². The van der Waals surface area contributed by atoms with Crippen LogP contribution in [0.4, 0.5) is 0 Å². The molecule has 2 rings (SSSR count). The molecule has 0 aromatic rings. The molecule has 2 fully saturated rings. The molecule has 2 aliphatic rings. The molecule has 0 bridgehead atoms. The second-order valence-electron chi connectivity index (χ2n) is 7.35. The molecule has 0 N–H and O–H groups in total. The van der Waals surface area contributed by atoms with E-state index in [1.807, 2.05) is 0 Å². The van der Waals surface area contributed by atoms with Crippen molar-refractivity contribution in [1.82, 2.24) is 4.31 Å². The molecule has 1 saturated carbocycles. The molecule has 1 saturated heterocycles. The lowest BCUT2D eigenvalue weighted by molar-refractivity contribution is -0.145. The summed E-state index contributed by atoms with van der Waals surface area (Å²) in [6, 6.07) is 0. The first-order valence-corrected chi connectivity index (χ1v) is 9.25. The molecule has 3 unspecified atom stereocenters. The molecule has 21 heavy (non-hydrogen) atoms. The molecule has 1 aliphatic carbocycles. The van der Waals surface area contributed by atoms with Gasteiger partial charge in [0.15, 0.2) is 0 Å². The van der Waals surface area contributed by atoms with E-state index in [1.165, 1.54) is 7.11 Å². The lowest BCUT2D eigenvalue weighted by Crippen LogP contribution is -2.42. The Kier molecular flexibility index (Phi) is 4.69. The first kappa shape index (κ1) is 16.7. The van der Waals surface area contributed by atoms with E-state index in [0.29, 0.717) is 31.8 Å². The van der Waals surface area contributed by atoms with E-state index in [9.17, 15) is 13.2 Å². The van der Waals surface area contributed by atoms with Crippen LogP contribution in [-0.4, -0.2) is 44.1 Å². The molecule has 122 valence electrons. The molecule has 1 aliphatic heterocycles. The van der Waals surface area contributed by atoms with Gasteiger partial charge in [0, 0.05) is 13.1 Å². The van der Waals surface area contributed by atoms with Crippen LogP contribution in [0.1, 0.15) is 46.5 Å². The van der Waals surface area contributed by atoms with E-state index in [-0.39, 0.29) is 11.4 Å². The van der Waals surface area contributed by atoms with Gasteiger partial charge in [0.05, 0.1) is 18.3 Å². The maximum Gasteiger partial charge on any atom is 0.310 e. The van der Waals surface area contributed by atoms with Gasteiger partial charge in [0.25, 0.3) is 0 Å². The predicted molar refractivity (Wildman–Crippen MR) is 81.2 cm³/mol. The van der Waals surface area contributed by atoms with Crippen molar-refractivity contribution in [3.63, 3.8) is 0 Å². The minimum absolute atomic E-state index is 0.113. The van der Waals surface area contributed by atoms with Gasteiger partial charge in [-0.2, -0.15) is 0 Å². The van der Waals surface area contributed by atoms with Crippen molar-refractivity contribution in [3.05, 3.63) is 0 Å². The summed E-state index contributed by atoms with van der Waals surface area (Å²) in [4.78, 5) is 11.8. The molecule has 0 amide bonds. The summed E-state index contributed by atoms with van der Waals surface area (Å²) in [5, 5.41) is -0.594. The molecule has 5 nitrogen and oxygen atoms in total. The van der Waals surface area contributed by atoms with E-state index in [2.05, 4.69) is 20.8 Å². The Hall–Kier alpha value is -0.620. The molecule has 0 aromatic carbocycles.